The maximum atomic E-state index is 9.07. The van der Waals surface area contributed by atoms with Gasteiger partial charge in [-0.3, -0.25) is 0 Å². The van der Waals surface area contributed by atoms with Gasteiger partial charge in [-0.15, -0.1) is 0 Å². The van der Waals surface area contributed by atoms with Crippen molar-refractivity contribution in [2.75, 3.05) is 12.4 Å². The van der Waals surface area contributed by atoms with E-state index in [1.165, 1.54) is 0 Å². The number of hydrogen-bond acceptors (Lipinski definition) is 4. The summed E-state index contributed by atoms with van der Waals surface area (Å²) >= 11 is 0. The summed E-state index contributed by atoms with van der Waals surface area (Å²) in [5.41, 5.74) is 2.01. The van der Waals surface area contributed by atoms with Crippen LogP contribution in [-0.4, -0.2) is 17.2 Å². The van der Waals surface area contributed by atoms with Crippen LogP contribution in [0.2, 0.25) is 0 Å². The molecule has 2 rings (SSSR count). The molecule has 0 spiro atoms. The van der Waals surface area contributed by atoms with Gasteiger partial charge in [-0.05, 0) is 17.2 Å². The Labute approximate surface area is 106 Å². The summed E-state index contributed by atoms with van der Waals surface area (Å²) in [4.78, 5) is 4.27. The molecule has 0 amide bonds. The zero-order chi connectivity index (χ0) is 12.8. The van der Waals surface area contributed by atoms with Gasteiger partial charge in [0, 0.05) is 12.6 Å². The van der Waals surface area contributed by atoms with Crippen LogP contribution in [0.25, 0.3) is 0 Å². The number of benzene rings is 1. The molecule has 4 heteroatoms. The second kappa shape index (κ2) is 6.02. The number of methoxy groups -OCH3 is 1. The van der Waals surface area contributed by atoms with E-state index in [-0.39, 0.29) is 6.61 Å². The molecule has 18 heavy (non-hydrogen) atoms. The summed E-state index contributed by atoms with van der Waals surface area (Å²) in [7, 11) is 1.59. The molecular formula is C14H16N2O2. The van der Waals surface area contributed by atoms with E-state index in [1.807, 2.05) is 36.4 Å². The number of aliphatic hydroxyl groups is 1. The first-order valence-corrected chi connectivity index (χ1v) is 5.75. The lowest BCUT2D eigenvalue weighted by molar-refractivity contribution is 0.281. The molecule has 1 aromatic carbocycles. The topological polar surface area (TPSA) is 54.4 Å². The van der Waals surface area contributed by atoms with E-state index in [0.717, 1.165) is 16.9 Å². The van der Waals surface area contributed by atoms with E-state index in [2.05, 4.69) is 10.3 Å². The fourth-order valence-corrected chi connectivity index (χ4v) is 1.66. The molecule has 0 radical (unpaired) electrons. The number of pyridine rings is 1. The first kappa shape index (κ1) is 12.4. The average Bonchev–Trinajstić information content (AvgIpc) is 2.45. The predicted molar refractivity (Wildman–Crippen MR) is 70.5 cm³/mol. The lowest BCUT2D eigenvalue weighted by Crippen LogP contribution is -2.02. The summed E-state index contributed by atoms with van der Waals surface area (Å²) in [5, 5.41) is 12.3. The van der Waals surface area contributed by atoms with Gasteiger partial charge in [-0.2, -0.15) is 4.98 Å². The Hall–Kier alpha value is -2.07. The van der Waals surface area contributed by atoms with Crippen molar-refractivity contribution in [3.05, 3.63) is 53.6 Å². The first-order valence-electron chi connectivity index (χ1n) is 5.75. The highest BCUT2D eigenvalue weighted by Gasteiger charge is 1.98. The molecule has 2 N–H and O–H groups in total. The second-order valence-corrected chi connectivity index (χ2v) is 3.90. The number of ether oxygens (including phenoxy) is 1. The van der Waals surface area contributed by atoms with Gasteiger partial charge in [0.05, 0.1) is 13.7 Å². The summed E-state index contributed by atoms with van der Waals surface area (Å²) in [6, 6.07) is 13.4. The zero-order valence-corrected chi connectivity index (χ0v) is 10.3. The quantitative estimate of drug-likeness (QED) is 0.846. The van der Waals surface area contributed by atoms with Gasteiger partial charge in [0.1, 0.15) is 5.82 Å². The molecule has 2 aromatic rings. The molecule has 0 atom stereocenters. The fraction of sp³-hybridized carbons (Fsp3) is 0.214. The van der Waals surface area contributed by atoms with Crippen LogP contribution in [0.3, 0.4) is 0 Å². The van der Waals surface area contributed by atoms with Gasteiger partial charge in [-0.25, -0.2) is 0 Å². The van der Waals surface area contributed by atoms with Crippen LogP contribution in [0.1, 0.15) is 11.1 Å². The molecule has 0 aliphatic carbocycles. The summed E-state index contributed by atoms with van der Waals surface area (Å²) in [6.07, 6.45) is 0. The van der Waals surface area contributed by atoms with Crippen LogP contribution in [0.4, 0.5) is 5.82 Å². The number of anilines is 1. The van der Waals surface area contributed by atoms with Crippen LogP contribution in [0.15, 0.2) is 42.5 Å². The fourth-order valence-electron chi connectivity index (χ4n) is 1.66. The Morgan fingerprint density at radius 3 is 2.72 bits per heavy atom. The molecule has 0 aliphatic heterocycles. The predicted octanol–water partition coefficient (Wildman–Crippen LogP) is 2.19. The van der Waals surface area contributed by atoms with Crippen molar-refractivity contribution in [3.63, 3.8) is 0 Å². The van der Waals surface area contributed by atoms with Crippen LogP contribution in [0, 0.1) is 0 Å². The third kappa shape index (κ3) is 3.21. The lowest BCUT2D eigenvalue weighted by atomic mass is 10.1. The highest BCUT2D eigenvalue weighted by Crippen LogP contribution is 2.12. The monoisotopic (exact) mass is 244 g/mol. The Bertz CT molecular complexity index is 467. The minimum atomic E-state index is 0.0608. The normalized spacial score (nSPS) is 10.1. The highest BCUT2D eigenvalue weighted by molar-refractivity contribution is 5.38. The molecule has 1 heterocycles. The minimum Gasteiger partial charge on any atom is -0.481 e. The van der Waals surface area contributed by atoms with Crippen molar-refractivity contribution >= 4 is 5.82 Å². The van der Waals surface area contributed by atoms with Crippen LogP contribution < -0.4 is 10.1 Å². The van der Waals surface area contributed by atoms with E-state index in [9.17, 15) is 0 Å². The molecule has 4 nitrogen and oxygen atoms in total. The number of aromatic nitrogens is 1. The number of nitrogens with one attached hydrogen (secondary N) is 1. The second-order valence-electron chi connectivity index (χ2n) is 3.90. The van der Waals surface area contributed by atoms with Crippen molar-refractivity contribution in [1.82, 2.24) is 4.98 Å². The Balaban J connectivity index is 2.01. The Morgan fingerprint density at radius 2 is 1.94 bits per heavy atom. The molecule has 0 unspecified atom stereocenters. The Morgan fingerprint density at radius 1 is 1.17 bits per heavy atom. The molecule has 0 aliphatic rings. The summed E-state index contributed by atoms with van der Waals surface area (Å²) in [6.45, 7) is 0.721. The van der Waals surface area contributed by atoms with Gasteiger partial charge in [0.25, 0.3) is 0 Å². The number of nitrogens with zero attached hydrogens (tertiary/aromatic N) is 1. The third-order valence-electron chi connectivity index (χ3n) is 2.58. The van der Waals surface area contributed by atoms with Crippen molar-refractivity contribution < 1.29 is 9.84 Å². The van der Waals surface area contributed by atoms with Crippen molar-refractivity contribution in [2.45, 2.75) is 13.2 Å². The summed E-state index contributed by atoms with van der Waals surface area (Å²) < 4.78 is 5.06. The molecule has 0 bridgehead atoms. The van der Waals surface area contributed by atoms with Crippen LogP contribution in [0.5, 0.6) is 5.88 Å². The molecule has 94 valence electrons. The molecule has 0 fully saturated rings. The Kier molecular flexibility index (Phi) is 4.15. The maximum absolute atomic E-state index is 9.07. The highest BCUT2D eigenvalue weighted by atomic mass is 16.5. The molecule has 1 aromatic heterocycles. The smallest absolute Gasteiger partial charge is 0.214 e. The third-order valence-corrected chi connectivity index (χ3v) is 2.58. The van der Waals surface area contributed by atoms with Crippen molar-refractivity contribution in [2.24, 2.45) is 0 Å². The van der Waals surface area contributed by atoms with E-state index in [4.69, 9.17) is 9.84 Å². The lowest BCUT2D eigenvalue weighted by Gasteiger charge is -2.07. The van der Waals surface area contributed by atoms with Crippen LogP contribution in [-0.2, 0) is 13.2 Å². The van der Waals surface area contributed by atoms with E-state index < -0.39 is 0 Å². The van der Waals surface area contributed by atoms with Gasteiger partial charge < -0.3 is 15.2 Å². The maximum Gasteiger partial charge on any atom is 0.214 e. The number of aliphatic hydroxyl groups excluding tert-OH is 1. The van der Waals surface area contributed by atoms with Crippen LogP contribution >= 0.6 is 0 Å². The largest absolute Gasteiger partial charge is 0.481 e. The van der Waals surface area contributed by atoms with E-state index in [0.29, 0.717) is 12.4 Å². The number of rotatable bonds is 5. The van der Waals surface area contributed by atoms with E-state index >= 15 is 0 Å². The van der Waals surface area contributed by atoms with Gasteiger partial charge >= 0.3 is 0 Å². The SMILES string of the molecule is COc1cccc(NCc2cccc(CO)c2)n1. The average molecular weight is 244 g/mol. The minimum absolute atomic E-state index is 0.0608. The number of hydrogen-bond donors (Lipinski definition) is 2. The molecular weight excluding hydrogens is 228 g/mol. The van der Waals surface area contributed by atoms with Crippen molar-refractivity contribution in [3.8, 4) is 5.88 Å². The van der Waals surface area contributed by atoms with Gasteiger partial charge in [0.2, 0.25) is 5.88 Å². The first-order chi connectivity index (χ1) is 8.81. The van der Waals surface area contributed by atoms with Gasteiger partial charge in [-0.1, -0.05) is 30.3 Å². The summed E-state index contributed by atoms with van der Waals surface area (Å²) in [5.74, 6) is 1.35. The van der Waals surface area contributed by atoms with Gasteiger partial charge in [0.15, 0.2) is 0 Å². The standard InChI is InChI=1S/C14H16N2O2/c1-18-14-7-3-6-13(16-14)15-9-11-4-2-5-12(8-11)10-17/h2-8,17H,9-10H2,1H3,(H,15,16). The molecule has 0 saturated heterocycles. The van der Waals surface area contributed by atoms with Crippen molar-refractivity contribution in [1.29, 1.82) is 0 Å². The van der Waals surface area contributed by atoms with E-state index in [1.54, 1.807) is 13.2 Å². The molecule has 0 saturated carbocycles. The zero-order valence-electron chi connectivity index (χ0n) is 10.3.